The maximum Gasteiger partial charge on any atom is 0.0135 e. The Kier molecular flexibility index (Phi) is 5.13. The van der Waals surface area contributed by atoms with Crippen molar-refractivity contribution in [3.05, 3.63) is 29.3 Å². The summed E-state index contributed by atoms with van der Waals surface area (Å²) < 4.78 is 0. The van der Waals surface area contributed by atoms with Gasteiger partial charge in [-0.25, -0.2) is 0 Å². The Hall–Kier alpha value is -0.470. The van der Waals surface area contributed by atoms with E-state index in [1.54, 1.807) is 0 Å². The molecule has 18 heavy (non-hydrogen) atoms. The van der Waals surface area contributed by atoms with Crippen LogP contribution in [0.25, 0.3) is 0 Å². The fraction of sp³-hybridized carbons (Fsp3) is 0.625. The van der Waals surface area contributed by atoms with Gasteiger partial charge in [0.05, 0.1) is 0 Å². The van der Waals surface area contributed by atoms with Gasteiger partial charge in [0.25, 0.3) is 0 Å². The zero-order valence-electron chi connectivity index (χ0n) is 11.6. The molecule has 0 heterocycles. The van der Waals surface area contributed by atoms with Gasteiger partial charge in [-0.05, 0) is 50.8 Å². The molecule has 0 bridgehead atoms. The van der Waals surface area contributed by atoms with Crippen molar-refractivity contribution in [3.63, 3.8) is 0 Å². The van der Waals surface area contributed by atoms with E-state index in [4.69, 9.17) is 5.73 Å². The number of thioether (sulfide) groups is 1. The van der Waals surface area contributed by atoms with E-state index in [1.807, 2.05) is 0 Å². The largest absolute Gasteiger partial charge is 0.330 e. The van der Waals surface area contributed by atoms with Gasteiger partial charge in [-0.3, -0.25) is 0 Å². The average molecular weight is 263 g/mol. The molecule has 2 heteroatoms. The van der Waals surface area contributed by atoms with Gasteiger partial charge < -0.3 is 5.73 Å². The number of aryl methyl sites for hydroxylation is 2. The third kappa shape index (κ3) is 3.52. The second-order valence-electron chi connectivity index (χ2n) is 5.56. The summed E-state index contributed by atoms with van der Waals surface area (Å²) in [4.78, 5) is 1.45. The third-order valence-electron chi connectivity index (χ3n) is 4.00. The van der Waals surface area contributed by atoms with Gasteiger partial charge >= 0.3 is 0 Å². The number of benzene rings is 1. The topological polar surface area (TPSA) is 26.0 Å². The Morgan fingerprint density at radius 2 is 1.94 bits per heavy atom. The third-order valence-corrected chi connectivity index (χ3v) is 5.64. The van der Waals surface area contributed by atoms with Crippen LogP contribution >= 0.6 is 11.8 Å². The summed E-state index contributed by atoms with van der Waals surface area (Å²) in [7, 11) is 0. The summed E-state index contributed by atoms with van der Waals surface area (Å²) in [6.45, 7) is 5.24. The van der Waals surface area contributed by atoms with Crippen molar-refractivity contribution in [2.75, 3.05) is 6.54 Å². The smallest absolute Gasteiger partial charge is 0.0135 e. The fourth-order valence-electron chi connectivity index (χ4n) is 2.87. The van der Waals surface area contributed by atoms with Crippen LogP contribution in [0, 0.1) is 19.8 Å². The first-order chi connectivity index (χ1) is 8.70. The molecule has 1 aliphatic rings. The number of hydrogen-bond acceptors (Lipinski definition) is 2. The van der Waals surface area contributed by atoms with Crippen molar-refractivity contribution in [2.45, 2.75) is 56.1 Å². The molecule has 2 unspecified atom stereocenters. The second-order valence-corrected chi connectivity index (χ2v) is 6.84. The summed E-state index contributed by atoms with van der Waals surface area (Å²) >= 11 is 2.07. The first-order valence-electron chi connectivity index (χ1n) is 7.14. The van der Waals surface area contributed by atoms with E-state index in [2.05, 4.69) is 43.8 Å². The Balaban J connectivity index is 2.10. The molecular formula is C16H25NS. The van der Waals surface area contributed by atoms with Crippen LogP contribution in [-0.2, 0) is 0 Å². The van der Waals surface area contributed by atoms with Gasteiger partial charge in [0.2, 0.25) is 0 Å². The lowest BCUT2D eigenvalue weighted by molar-refractivity contribution is 0.483. The first-order valence-corrected chi connectivity index (χ1v) is 8.02. The fourth-order valence-corrected chi connectivity index (χ4v) is 4.31. The molecule has 1 aromatic rings. The Morgan fingerprint density at radius 3 is 2.67 bits per heavy atom. The van der Waals surface area contributed by atoms with E-state index in [1.165, 1.54) is 48.1 Å². The Labute approximate surface area is 116 Å². The molecule has 0 radical (unpaired) electrons. The Bertz CT molecular complexity index is 389. The van der Waals surface area contributed by atoms with E-state index in [0.717, 1.165) is 11.8 Å². The van der Waals surface area contributed by atoms with Gasteiger partial charge in [-0.1, -0.05) is 37.0 Å². The van der Waals surface area contributed by atoms with Crippen LogP contribution < -0.4 is 5.73 Å². The molecule has 0 amide bonds. The summed E-state index contributed by atoms with van der Waals surface area (Å²) in [5, 5.41) is 0.721. The maximum atomic E-state index is 5.97. The molecule has 2 N–H and O–H groups in total. The molecule has 2 atom stereocenters. The minimum atomic E-state index is 0.707. The van der Waals surface area contributed by atoms with Crippen LogP contribution in [0.1, 0.15) is 43.2 Å². The van der Waals surface area contributed by atoms with Crippen molar-refractivity contribution < 1.29 is 0 Å². The second kappa shape index (κ2) is 6.63. The molecule has 100 valence electrons. The average Bonchev–Trinajstić information content (AvgIpc) is 2.57. The van der Waals surface area contributed by atoms with E-state index in [-0.39, 0.29) is 0 Å². The zero-order valence-corrected chi connectivity index (χ0v) is 12.4. The molecular weight excluding hydrogens is 238 g/mol. The van der Waals surface area contributed by atoms with Crippen molar-refractivity contribution in [1.82, 2.24) is 0 Å². The standard InChI is InChI=1S/C16H25NS/c1-12-8-9-15(13(2)10-12)18-16-7-5-3-4-6-14(16)11-17/h8-10,14,16H,3-7,11,17H2,1-2H3. The lowest BCUT2D eigenvalue weighted by Gasteiger charge is -2.24. The van der Waals surface area contributed by atoms with Crippen molar-refractivity contribution in [1.29, 1.82) is 0 Å². The normalized spacial score (nSPS) is 24.8. The van der Waals surface area contributed by atoms with Crippen LogP contribution in [-0.4, -0.2) is 11.8 Å². The molecule has 1 fully saturated rings. The SMILES string of the molecule is Cc1ccc(SC2CCCCCC2CN)c(C)c1. The molecule has 0 spiro atoms. The maximum absolute atomic E-state index is 5.97. The zero-order chi connectivity index (χ0) is 13.0. The van der Waals surface area contributed by atoms with Crippen LogP contribution in [0.15, 0.2) is 23.1 Å². The van der Waals surface area contributed by atoms with Gasteiger partial charge in [0, 0.05) is 10.1 Å². The molecule has 1 nitrogen and oxygen atoms in total. The highest BCUT2D eigenvalue weighted by Gasteiger charge is 2.23. The number of hydrogen-bond donors (Lipinski definition) is 1. The summed E-state index contributed by atoms with van der Waals surface area (Å²) in [6, 6.07) is 6.80. The van der Waals surface area contributed by atoms with Crippen molar-refractivity contribution >= 4 is 11.8 Å². The summed E-state index contributed by atoms with van der Waals surface area (Å²) in [5.74, 6) is 0.707. The molecule has 1 aliphatic carbocycles. The van der Waals surface area contributed by atoms with Crippen LogP contribution in [0.2, 0.25) is 0 Å². The Morgan fingerprint density at radius 1 is 1.17 bits per heavy atom. The highest BCUT2D eigenvalue weighted by molar-refractivity contribution is 8.00. The lowest BCUT2D eigenvalue weighted by Crippen LogP contribution is -2.24. The molecule has 1 aromatic carbocycles. The van der Waals surface area contributed by atoms with Gasteiger partial charge in [0.15, 0.2) is 0 Å². The molecule has 1 saturated carbocycles. The van der Waals surface area contributed by atoms with Crippen LogP contribution in [0.5, 0.6) is 0 Å². The minimum absolute atomic E-state index is 0.707. The quantitative estimate of drug-likeness (QED) is 0.823. The lowest BCUT2D eigenvalue weighted by atomic mass is 10.0. The highest BCUT2D eigenvalue weighted by Crippen LogP contribution is 2.37. The minimum Gasteiger partial charge on any atom is -0.330 e. The molecule has 0 saturated heterocycles. The highest BCUT2D eigenvalue weighted by atomic mass is 32.2. The van der Waals surface area contributed by atoms with E-state index >= 15 is 0 Å². The van der Waals surface area contributed by atoms with E-state index in [0.29, 0.717) is 5.92 Å². The van der Waals surface area contributed by atoms with Gasteiger partial charge in [-0.2, -0.15) is 0 Å². The predicted octanol–water partition coefficient (Wildman–Crippen LogP) is 4.30. The summed E-state index contributed by atoms with van der Waals surface area (Å²) in [6.07, 6.45) is 6.78. The molecule has 0 aromatic heterocycles. The monoisotopic (exact) mass is 263 g/mol. The summed E-state index contributed by atoms with van der Waals surface area (Å²) in [5.41, 5.74) is 8.74. The van der Waals surface area contributed by atoms with Crippen molar-refractivity contribution in [2.24, 2.45) is 11.7 Å². The first kappa shape index (κ1) is 14.0. The van der Waals surface area contributed by atoms with Crippen molar-refractivity contribution in [3.8, 4) is 0 Å². The van der Waals surface area contributed by atoms with Gasteiger partial charge in [-0.15, -0.1) is 11.8 Å². The molecule has 2 rings (SSSR count). The number of nitrogens with two attached hydrogens (primary N) is 1. The van der Waals surface area contributed by atoms with Crippen LogP contribution in [0.3, 0.4) is 0 Å². The number of rotatable bonds is 3. The predicted molar refractivity (Wildman–Crippen MR) is 81.2 cm³/mol. The van der Waals surface area contributed by atoms with Gasteiger partial charge in [0.1, 0.15) is 0 Å². The van der Waals surface area contributed by atoms with Crippen LogP contribution in [0.4, 0.5) is 0 Å². The van der Waals surface area contributed by atoms with E-state index < -0.39 is 0 Å². The molecule has 0 aliphatic heterocycles. The van der Waals surface area contributed by atoms with E-state index in [9.17, 15) is 0 Å².